The van der Waals surface area contributed by atoms with Crippen molar-refractivity contribution in [2.24, 2.45) is 5.10 Å². The molecule has 3 aromatic carbocycles. The molecule has 4 rings (SSSR count). The second kappa shape index (κ2) is 10.7. The molecular weight excluding hydrogens is 490 g/mol. The zero-order valence-corrected chi connectivity index (χ0v) is 21.2. The highest BCUT2D eigenvalue weighted by Crippen LogP contribution is 2.32. The number of fused-ring (bicyclic) bond motifs is 1. The van der Waals surface area contributed by atoms with E-state index < -0.39 is 0 Å². The molecule has 0 saturated heterocycles. The van der Waals surface area contributed by atoms with E-state index in [2.05, 4.69) is 81.4 Å². The summed E-state index contributed by atoms with van der Waals surface area (Å²) in [5, 5.41) is 5.27. The molecule has 1 amide bonds. The molecule has 1 heterocycles. The molecule has 6 heteroatoms. The molecular formula is C28H28BrN3O2. The molecule has 1 N–H and O–H groups in total. The maximum Gasteiger partial charge on any atom is 0.277 e. The number of aromatic nitrogens is 1. The van der Waals surface area contributed by atoms with Crippen LogP contribution >= 0.6 is 15.9 Å². The fourth-order valence-corrected chi connectivity index (χ4v) is 4.25. The number of hydrazone groups is 1. The van der Waals surface area contributed by atoms with E-state index in [-0.39, 0.29) is 18.4 Å². The van der Waals surface area contributed by atoms with Gasteiger partial charge < -0.3 is 9.30 Å². The lowest BCUT2D eigenvalue weighted by Crippen LogP contribution is -2.25. The van der Waals surface area contributed by atoms with Crippen molar-refractivity contribution >= 4 is 39.0 Å². The van der Waals surface area contributed by atoms with Crippen molar-refractivity contribution in [2.75, 3.05) is 6.61 Å². The summed E-state index contributed by atoms with van der Waals surface area (Å²) >= 11 is 3.57. The Hall–Kier alpha value is -3.38. The fraction of sp³-hybridized carbons (Fsp3) is 0.214. The molecule has 0 saturated carbocycles. The highest BCUT2D eigenvalue weighted by molar-refractivity contribution is 9.10. The number of aryl methyl sites for hydroxylation is 1. The van der Waals surface area contributed by atoms with E-state index in [1.54, 1.807) is 6.21 Å². The lowest BCUT2D eigenvalue weighted by molar-refractivity contribution is -0.123. The number of nitrogens with one attached hydrogen (secondary N) is 1. The van der Waals surface area contributed by atoms with Gasteiger partial charge in [0.05, 0.1) is 6.21 Å². The summed E-state index contributed by atoms with van der Waals surface area (Å²) < 4.78 is 9.05. The third-order valence-corrected chi connectivity index (χ3v) is 6.53. The van der Waals surface area contributed by atoms with Gasteiger partial charge in [0, 0.05) is 33.7 Å². The minimum Gasteiger partial charge on any atom is -0.483 e. The van der Waals surface area contributed by atoms with Crippen LogP contribution < -0.4 is 10.2 Å². The number of carbonyl (C=O) groups is 1. The molecule has 0 unspecified atom stereocenters. The standard InChI is InChI=1S/C28H28BrN3O2/c1-19(2)24-14-25(29)20(3)13-27(24)34-18-28(33)31-30-15-22-17-32(16-21-9-5-4-6-10-21)26-12-8-7-11-23(22)26/h4-15,17,19H,16,18H2,1-3H3,(H,31,33)/b30-15+. The van der Waals surface area contributed by atoms with Crippen LogP contribution in [0.15, 0.2) is 82.5 Å². The van der Waals surface area contributed by atoms with Crippen LogP contribution in [0.25, 0.3) is 10.9 Å². The zero-order valence-electron chi connectivity index (χ0n) is 19.6. The van der Waals surface area contributed by atoms with Gasteiger partial charge in [-0.25, -0.2) is 5.43 Å². The Morgan fingerprint density at radius 2 is 1.85 bits per heavy atom. The van der Waals surface area contributed by atoms with Gasteiger partial charge in [0.15, 0.2) is 6.61 Å². The van der Waals surface area contributed by atoms with Crippen LogP contribution in [-0.2, 0) is 11.3 Å². The van der Waals surface area contributed by atoms with Crippen LogP contribution in [0.4, 0.5) is 0 Å². The van der Waals surface area contributed by atoms with Crippen LogP contribution in [0.3, 0.4) is 0 Å². The number of amides is 1. The van der Waals surface area contributed by atoms with E-state index in [4.69, 9.17) is 4.74 Å². The van der Waals surface area contributed by atoms with Gasteiger partial charge in [0.25, 0.3) is 5.91 Å². The molecule has 5 nitrogen and oxygen atoms in total. The lowest BCUT2D eigenvalue weighted by Gasteiger charge is -2.15. The predicted molar refractivity (Wildman–Crippen MR) is 142 cm³/mol. The maximum atomic E-state index is 12.4. The molecule has 1 aromatic heterocycles. The van der Waals surface area contributed by atoms with E-state index in [9.17, 15) is 4.79 Å². The van der Waals surface area contributed by atoms with Crippen LogP contribution in [0.5, 0.6) is 5.75 Å². The average Bonchev–Trinajstić information content (AvgIpc) is 3.17. The Labute approximate surface area is 208 Å². The van der Waals surface area contributed by atoms with E-state index in [0.717, 1.165) is 44.4 Å². The third kappa shape index (κ3) is 5.57. The summed E-state index contributed by atoms with van der Waals surface area (Å²) in [6, 6.07) is 22.5. The number of carbonyl (C=O) groups excluding carboxylic acids is 1. The van der Waals surface area contributed by atoms with Crippen molar-refractivity contribution in [1.82, 2.24) is 9.99 Å². The van der Waals surface area contributed by atoms with Gasteiger partial charge in [-0.15, -0.1) is 0 Å². The van der Waals surface area contributed by atoms with Crippen molar-refractivity contribution in [2.45, 2.75) is 33.2 Å². The Balaban J connectivity index is 1.43. The monoisotopic (exact) mass is 517 g/mol. The minimum atomic E-state index is -0.306. The molecule has 0 fully saturated rings. The topological polar surface area (TPSA) is 55.6 Å². The summed E-state index contributed by atoms with van der Waals surface area (Å²) in [6.07, 6.45) is 3.74. The number of rotatable bonds is 8. The fourth-order valence-electron chi connectivity index (χ4n) is 3.88. The van der Waals surface area contributed by atoms with Gasteiger partial charge in [-0.1, -0.05) is 78.3 Å². The number of halogens is 1. The SMILES string of the molecule is Cc1cc(OCC(=O)N/N=C/c2cn(Cc3ccccc3)c3ccccc23)c(C(C)C)cc1Br. The van der Waals surface area contributed by atoms with Gasteiger partial charge in [0.1, 0.15) is 5.75 Å². The number of nitrogens with zero attached hydrogens (tertiary/aromatic N) is 2. The number of ether oxygens (including phenoxy) is 1. The van der Waals surface area contributed by atoms with Crippen LogP contribution in [0, 0.1) is 6.92 Å². The van der Waals surface area contributed by atoms with Crippen LogP contribution in [0.2, 0.25) is 0 Å². The van der Waals surface area contributed by atoms with Gasteiger partial charge in [0.2, 0.25) is 0 Å². The first-order valence-corrected chi connectivity index (χ1v) is 12.1. The number of hydrogen-bond acceptors (Lipinski definition) is 3. The molecule has 0 aliphatic heterocycles. The normalized spacial score (nSPS) is 11.4. The first kappa shape index (κ1) is 23.8. The minimum absolute atomic E-state index is 0.103. The molecule has 0 spiro atoms. The molecule has 0 aliphatic carbocycles. The van der Waals surface area contributed by atoms with E-state index in [1.165, 1.54) is 5.56 Å². The molecule has 34 heavy (non-hydrogen) atoms. The Morgan fingerprint density at radius 3 is 2.62 bits per heavy atom. The largest absolute Gasteiger partial charge is 0.483 e. The first-order chi connectivity index (χ1) is 16.4. The summed E-state index contributed by atoms with van der Waals surface area (Å²) in [5.41, 5.74) is 7.99. The number of para-hydroxylation sites is 1. The average molecular weight is 518 g/mol. The van der Waals surface area contributed by atoms with Gasteiger partial charge in [-0.05, 0) is 47.7 Å². The van der Waals surface area contributed by atoms with E-state index in [1.807, 2.05) is 43.3 Å². The summed E-state index contributed by atoms with van der Waals surface area (Å²) in [4.78, 5) is 12.4. The van der Waals surface area contributed by atoms with E-state index in [0.29, 0.717) is 0 Å². The van der Waals surface area contributed by atoms with Crippen molar-refractivity contribution in [3.63, 3.8) is 0 Å². The van der Waals surface area contributed by atoms with Gasteiger partial charge in [-0.3, -0.25) is 4.79 Å². The highest BCUT2D eigenvalue weighted by Gasteiger charge is 2.13. The summed E-state index contributed by atoms with van der Waals surface area (Å²) in [5.74, 6) is 0.694. The zero-order chi connectivity index (χ0) is 24.1. The van der Waals surface area contributed by atoms with Crippen molar-refractivity contribution in [1.29, 1.82) is 0 Å². The smallest absolute Gasteiger partial charge is 0.277 e. The summed E-state index contributed by atoms with van der Waals surface area (Å²) in [6.45, 7) is 6.86. The quantitative estimate of drug-likeness (QED) is 0.216. The predicted octanol–water partition coefficient (Wildman–Crippen LogP) is 6.41. The first-order valence-electron chi connectivity index (χ1n) is 11.3. The van der Waals surface area contributed by atoms with Crippen molar-refractivity contribution in [3.05, 3.63) is 99.7 Å². The molecule has 0 atom stereocenters. The third-order valence-electron chi connectivity index (χ3n) is 5.68. The molecule has 0 bridgehead atoms. The van der Waals surface area contributed by atoms with E-state index >= 15 is 0 Å². The lowest BCUT2D eigenvalue weighted by atomic mass is 10.0. The van der Waals surface area contributed by atoms with Crippen LogP contribution in [0.1, 0.15) is 42.0 Å². The van der Waals surface area contributed by atoms with Gasteiger partial charge in [-0.2, -0.15) is 5.10 Å². The number of benzene rings is 3. The molecule has 0 aliphatic rings. The second-order valence-corrected chi connectivity index (χ2v) is 9.45. The molecule has 174 valence electrons. The Bertz CT molecular complexity index is 1330. The van der Waals surface area contributed by atoms with Crippen molar-refractivity contribution < 1.29 is 9.53 Å². The number of hydrogen-bond donors (Lipinski definition) is 1. The Kier molecular flexibility index (Phi) is 7.48. The Morgan fingerprint density at radius 1 is 1.12 bits per heavy atom. The molecule has 0 radical (unpaired) electrons. The second-order valence-electron chi connectivity index (χ2n) is 8.59. The highest BCUT2D eigenvalue weighted by atomic mass is 79.9. The summed E-state index contributed by atoms with van der Waals surface area (Å²) in [7, 11) is 0. The maximum absolute atomic E-state index is 12.4. The molecule has 4 aromatic rings. The van der Waals surface area contributed by atoms with Gasteiger partial charge >= 0.3 is 0 Å². The van der Waals surface area contributed by atoms with Crippen LogP contribution in [-0.4, -0.2) is 23.3 Å². The van der Waals surface area contributed by atoms with Crippen molar-refractivity contribution in [3.8, 4) is 5.75 Å².